The van der Waals surface area contributed by atoms with Crippen molar-refractivity contribution < 1.29 is 18.3 Å². The van der Waals surface area contributed by atoms with Gasteiger partial charge in [0, 0.05) is 39.1 Å². The Bertz CT molecular complexity index is 1330. The van der Waals surface area contributed by atoms with Crippen molar-refractivity contribution in [2.75, 3.05) is 13.6 Å². The number of ether oxygens (including phenoxy) is 1. The number of halogens is 2. The van der Waals surface area contributed by atoms with Crippen LogP contribution < -0.4 is 4.74 Å². The molecule has 0 saturated heterocycles. The second kappa shape index (κ2) is 8.56. The number of pyridine rings is 1. The van der Waals surface area contributed by atoms with Gasteiger partial charge in [-0.2, -0.15) is 10.4 Å². The predicted octanol–water partition coefficient (Wildman–Crippen LogP) is 4.19. The summed E-state index contributed by atoms with van der Waals surface area (Å²) in [5.74, 6) is -2.78. The molecule has 1 unspecified atom stereocenters. The Morgan fingerprint density at radius 2 is 2.00 bits per heavy atom. The van der Waals surface area contributed by atoms with Crippen molar-refractivity contribution in [3.8, 4) is 17.6 Å². The molecule has 3 heterocycles. The monoisotopic (exact) mass is 459 g/mol. The molecule has 1 amide bonds. The molecule has 2 aromatic carbocycles. The van der Waals surface area contributed by atoms with Gasteiger partial charge < -0.3 is 9.64 Å². The molecule has 1 atom stereocenters. The van der Waals surface area contributed by atoms with Crippen molar-refractivity contribution in [1.82, 2.24) is 14.9 Å². The Kier molecular flexibility index (Phi) is 5.42. The molecule has 0 fully saturated rings. The number of aromatic nitrogens is 1. The summed E-state index contributed by atoms with van der Waals surface area (Å²) in [5.41, 5.74) is 2.58. The van der Waals surface area contributed by atoms with Gasteiger partial charge in [-0.05, 0) is 35.4 Å². The van der Waals surface area contributed by atoms with Crippen molar-refractivity contribution in [3.05, 3.63) is 88.2 Å². The van der Waals surface area contributed by atoms with Crippen LogP contribution in [0, 0.1) is 23.0 Å². The molecular weight excluding hydrogens is 440 g/mol. The van der Waals surface area contributed by atoms with Gasteiger partial charge in [0.05, 0.1) is 28.8 Å². The number of nitrogens with zero attached hydrogens (tertiary/aromatic N) is 5. The number of carbonyl (C=O) groups is 1. The number of hydrogen-bond acceptors (Lipinski definition) is 6. The normalized spacial score (nSPS) is 16.6. The topological polar surface area (TPSA) is 81.8 Å². The lowest BCUT2D eigenvalue weighted by Crippen LogP contribution is -2.23. The molecule has 2 aliphatic rings. The van der Waals surface area contributed by atoms with E-state index in [0.717, 1.165) is 29.9 Å². The Balaban J connectivity index is 1.34. The van der Waals surface area contributed by atoms with Gasteiger partial charge in [-0.25, -0.2) is 8.78 Å². The fourth-order valence-electron chi connectivity index (χ4n) is 4.14. The molecular formula is C25H19F2N5O2. The van der Waals surface area contributed by atoms with E-state index < -0.39 is 17.4 Å². The molecule has 0 spiro atoms. The van der Waals surface area contributed by atoms with E-state index in [1.807, 2.05) is 30.4 Å². The summed E-state index contributed by atoms with van der Waals surface area (Å²) in [6.07, 6.45) is 3.61. The van der Waals surface area contributed by atoms with Crippen molar-refractivity contribution in [2.24, 2.45) is 5.10 Å². The molecule has 5 rings (SSSR count). The summed E-state index contributed by atoms with van der Waals surface area (Å²) in [6, 6.07) is 12.3. The lowest BCUT2D eigenvalue weighted by atomic mass is 10.1. The summed E-state index contributed by atoms with van der Waals surface area (Å²) in [7, 11) is 1.91. The van der Waals surface area contributed by atoms with E-state index in [1.165, 1.54) is 6.07 Å². The third-order valence-electron chi connectivity index (χ3n) is 5.82. The maximum Gasteiger partial charge on any atom is 0.258 e. The molecule has 2 aliphatic heterocycles. The summed E-state index contributed by atoms with van der Waals surface area (Å²) in [6.45, 7) is 1.44. The van der Waals surface area contributed by atoms with Crippen molar-refractivity contribution in [2.45, 2.75) is 19.0 Å². The van der Waals surface area contributed by atoms with Crippen LogP contribution in [0.15, 0.2) is 53.8 Å². The van der Waals surface area contributed by atoms with Crippen LogP contribution in [0.1, 0.15) is 38.7 Å². The number of likely N-dealkylation sites (N-methyl/N-ethyl adjacent to an activating group) is 1. The van der Waals surface area contributed by atoms with Gasteiger partial charge in [0.15, 0.2) is 17.4 Å². The fraction of sp³-hybridized carbons (Fsp3) is 0.200. The van der Waals surface area contributed by atoms with Crippen molar-refractivity contribution >= 4 is 12.1 Å². The summed E-state index contributed by atoms with van der Waals surface area (Å²) in [4.78, 5) is 19.3. The standard InChI is InChI=1S/C25H19F2N5O2/c1-31-13-18(11-30-31)21-6-5-15(10-29-21)12-32-14-17-3-2-4-22(23(17)25(32)33)34-24-19(26)7-16(9-28)8-20(24)27/h2-8,10-11,18H,12-14H2,1H3. The minimum absolute atomic E-state index is 0.0608. The second-order valence-electron chi connectivity index (χ2n) is 8.24. The van der Waals surface area contributed by atoms with Crippen molar-refractivity contribution in [3.63, 3.8) is 0 Å². The second-order valence-corrected chi connectivity index (χ2v) is 8.24. The highest BCUT2D eigenvalue weighted by Gasteiger charge is 2.31. The maximum absolute atomic E-state index is 14.3. The van der Waals surface area contributed by atoms with Crippen LogP contribution in [0.4, 0.5) is 8.78 Å². The first-order valence-corrected chi connectivity index (χ1v) is 10.6. The first-order chi connectivity index (χ1) is 16.4. The molecule has 0 bridgehead atoms. The molecule has 3 aromatic rings. The first-order valence-electron chi connectivity index (χ1n) is 10.6. The maximum atomic E-state index is 14.3. The van der Waals surface area contributed by atoms with Crippen LogP contribution in [-0.4, -0.2) is 40.6 Å². The first kappa shape index (κ1) is 21.5. The van der Waals surface area contributed by atoms with Gasteiger partial charge in [0.25, 0.3) is 5.91 Å². The average molecular weight is 459 g/mol. The van der Waals surface area contributed by atoms with Gasteiger partial charge in [-0.3, -0.25) is 14.8 Å². The third kappa shape index (κ3) is 3.94. The molecule has 0 N–H and O–H groups in total. The highest BCUT2D eigenvalue weighted by Crippen LogP contribution is 2.36. The number of hydrazone groups is 1. The van der Waals surface area contributed by atoms with Gasteiger partial charge >= 0.3 is 0 Å². The highest BCUT2D eigenvalue weighted by molar-refractivity contribution is 6.01. The van der Waals surface area contributed by atoms with Crippen LogP contribution in [0.25, 0.3) is 0 Å². The van der Waals surface area contributed by atoms with Crippen LogP contribution in [0.3, 0.4) is 0 Å². The van der Waals surface area contributed by atoms with Crippen molar-refractivity contribution in [1.29, 1.82) is 5.26 Å². The lowest BCUT2D eigenvalue weighted by Gasteiger charge is -2.16. The zero-order chi connectivity index (χ0) is 23.8. The third-order valence-corrected chi connectivity index (χ3v) is 5.82. The largest absolute Gasteiger partial charge is 0.450 e. The molecule has 7 nitrogen and oxygen atoms in total. The zero-order valence-corrected chi connectivity index (χ0v) is 18.2. The number of carbonyl (C=O) groups excluding carboxylic acids is 1. The summed E-state index contributed by atoms with van der Waals surface area (Å²) in [5, 5.41) is 15.0. The Morgan fingerprint density at radius 3 is 2.65 bits per heavy atom. The van der Waals surface area contributed by atoms with E-state index in [4.69, 9.17) is 10.00 Å². The molecule has 0 aliphatic carbocycles. The Hall–Kier alpha value is -4.32. The van der Waals surface area contributed by atoms with Crippen LogP contribution >= 0.6 is 0 Å². The number of nitriles is 1. The lowest BCUT2D eigenvalue weighted by molar-refractivity contribution is 0.0764. The molecule has 1 aromatic heterocycles. The summed E-state index contributed by atoms with van der Waals surface area (Å²) < 4.78 is 34.2. The SMILES string of the molecule is CN1CC(c2ccc(CN3Cc4cccc(Oc5c(F)cc(C#N)cc5F)c4C3=O)cn2)C=N1. The molecule has 0 saturated carbocycles. The number of hydrogen-bond donors (Lipinski definition) is 0. The quantitative estimate of drug-likeness (QED) is 0.571. The number of benzene rings is 2. The van der Waals surface area contributed by atoms with E-state index in [0.29, 0.717) is 18.7 Å². The van der Waals surface area contributed by atoms with E-state index in [2.05, 4.69) is 10.1 Å². The van der Waals surface area contributed by atoms with Crippen LogP contribution in [0.5, 0.6) is 11.5 Å². The van der Waals surface area contributed by atoms with Crippen LogP contribution in [-0.2, 0) is 13.1 Å². The zero-order valence-electron chi connectivity index (χ0n) is 18.2. The number of fused-ring (bicyclic) bond motifs is 1. The molecule has 170 valence electrons. The number of amides is 1. The van der Waals surface area contributed by atoms with Gasteiger partial charge in [0.1, 0.15) is 5.75 Å². The van der Waals surface area contributed by atoms with Crippen LogP contribution in [0.2, 0.25) is 0 Å². The average Bonchev–Trinajstić information content (AvgIpc) is 3.40. The fourth-order valence-corrected chi connectivity index (χ4v) is 4.14. The highest BCUT2D eigenvalue weighted by atomic mass is 19.1. The summed E-state index contributed by atoms with van der Waals surface area (Å²) >= 11 is 0. The van der Waals surface area contributed by atoms with E-state index >= 15 is 0 Å². The smallest absolute Gasteiger partial charge is 0.258 e. The van der Waals surface area contributed by atoms with E-state index in [-0.39, 0.29) is 28.7 Å². The van der Waals surface area contributed by atoms with Gasteiger partial charge in [-0.15, -0.1) is 0 Å². The minimum Gasteiger partial charge on any atom is -0.450 e. The predicted molar refractivity (Wildman–Crippen MR) is 119 cm³/mol. The Morgan fingerprint density at radius 1 is 1.21 bits per heavy atom. The molecule has 9 heteroatoms. The van der Waals surface area contributed by atoms with E-state index in [9.17, 15) is 13.6 Å². The number of rotatable bonds is 5. The van der Waals surface area contributed by atoms with Gasteiger partial charge in [-0.1, -0.05) is 18.2 Å². The molecule has 0 radical (unpaired) electrons. The molecule has 34 heavy (non-hydrogen) atoms. The van der Waals surface area contributed by atoms with Gasteiger partial charge in [0.2, 0.25) is 0 Å². The Labute approximate surface area is 194 Å². The minimum atomic E-state index is -1.01. The van der Waals surface area contributed by atoms with E-state index in [1.54, 1.807) is 29.3 Å².